The summed E-state index contributed by atoms with van der Waals surface area (Å²) in [5, 5.41) is 0. The number of aromatic amines is 2. The Morgan fingerprint density at radius 1 is 1.00 bits per heavy atom. The van der Waals surface area contributed by atoms with E-state index in [-0.39, 0.29) is 11.7 Å². The van der Waals surface area contributed by atoms with Crippen LogP contribution in [0.1, 0.15) is 69.9 Å². The van der Waals surface area contributed by atoms with Crippen LogP contribution in [-0.2, 0) is 0 Å². The van der Waals surface area contributed by atoms with E-state index in [9.17, 15) is 4.79 Å². The number of hydrogen-bond donors (Lipinski definition) is 3. The summed E-state index contributed by atoms with van der Waals surface area (Å²) in [5.74, 6) is 0. The van der Waals surface area contributed by atoms with Gasteiger partial charge in [0.1, 0.15) is 0 Å². The van der Waals surface area contributed by atoms with Crippen molar-refractivity contribution in [1.29, 1.82) is 0 Å². The Labute approximate surface area is 126 Å². The Bertz CT molecular complexity index is 599. The maximum Gasteiger partial charge on any atom is 0.323 e. The number of rotatable bonds is 9. The molecule has 0 fully saturated rings. The molecule has 0 aliphatic rings. The molecule has 1 atom stereocenters. The molecule has 4 N–H and O–H groups in total. The molecule has 0 amide bonds. The third-order valence-electron chi connectivity index (χ3n) is 4.09. The number of H-pyrrole nitrogens is 2. The molecular formula is C17H27N3O. The molecule has 1 aromatic heterocycles. The first-order valence-electron chi connectivity index (χ1n) is 8.18. The minimum absolute atomic E-state index is 0.0587. The Kier molecular flexibility index (Phi) is 6.05. The van der Waals surface area contributed by atoms with Gasteiger partial charge >= 0.3 is 5.69 Å². The van der Waals surface area contributed by atoms with Gasteiger partial charge in [0.05, 0.1) is 11.0 Å². The van der Waals surface area contributed by atoms with Crippen LogP contribution in [0.5, 0.6) is 0 Å². The number of nitrogens with one attached hydrogen (secondary N) is 2. The van der Waals surface area contributed by atoms with E-state index in [0.717, 1.165) is 23.0 Å². The van der Waals surface area contributed by atoms with Gasteiger partial charge in [0.25, 0.3) is 0 Å². The van der Waals surface area contributed by atoms with Gasteiger partial charge < -0.3 is 15.7 Å². The fraction of sp³-hybridized carbons (Fsp3) is 0.588. The average Bonchev–Trinajstić information content (AvgIpc) is 2.85. The van der Waals surface area contributed by atoms with Crippen LogP contribution in [0.3, 0.4) is 0 Å². The van der Waals surface area contributed by atoms with Crippen molar-refractivity contribution >= 4 is 11.0 Å². The molecule has 0 bridgehead atoms. The topological polar surface area (TPSA) is 74.7 Å². The SMILES string of the molecule is CCCCCCCCCC(N)c1ccc2[nH]c(=O)[nH]c2c1. The molecule has 4 heteroatoms. The van der Waals surface area contributed by atoms with Crippen LogP contribution < -0.4 is 11.4 Å². The second kappa shape index (κ2) is 8.03. The lowest BCUT2D eigenvalue weighted by atomic mass is 10.00. The Morgan fingerprint density at radius 2 is 1.67 bits per heavy atom. The molecule has 0 aliphatic heterocycles. The minimum Gasteiger partial charge on any atom is -0.324 e. The lowest BCUT2D eigenvalue weighted by Gasteiger charge is -2.12. The largest absolute Gasteiger partial charge is 0.324 e. The normalized spacial score (nSPS) is 12.9. The van der Waals surface area contributed by atoms with Crippen molar-refractivity contribution < 1.29 is 0 Å². The predicted octanol–water partition coefficient (Wildman–Crippen LogP) is 4.00. The van der Waals surface area contributed by atoms with Crippen molar-refractivity contribution in [1.82, 2.24) is 9.97 Å². The molecule has 1 unspecified atom stereocenters. The van der Waals surface area contributed by atoms with Gasteiger partial charge in [-0.2, -0.15) is 0 Å². The summed E-state index contributed by atoms with van der Waals surface area (Å²) in [6.45, 7) is 2.24. The first kappa shape index (κ1) is 15.8. The number of benzene rings is 1. The molecule has 0 aliphatic carbocycles. The van der Waals surface area contributed by atoms with Crippen molar-refractivity contribution in [3.63, 3.8) is 0 Å². The summed E-state index contributed by atoms with van der Waals surface area (Å²) in [4.78, 5) is 16.8. The lowest BCUT2D eigenvalue weighted by Crippen LogP contribution is -2.10. The van der Waals surface area contributed by atoms with E-state index < -0.39 is 0 Å². The molecule has 2 rings (SSSR count). The molecule has 0 radical (unpaired) electrons. The minimum atomic E-state index is -0.164. The highest BCUT2D eigenvalue weighted by molar-refractivity contribution is 5.75. The summed E-state index contributed by atoms with van der Waals surface area (Å²) in [7, 11) is 0. The highest BCUT2D eigenvalue weighted by Crippen LogP contribution is 2.20. The molecule has 0 saturated carbocycles. The molecule has 1 heterocycles. The lowest BCUT2D eigenvalue weighted by molar-refractivity contribution is 0.541. The van der Waals surface area contributed by atoms with Crippen molar-refractivity contribution in [3.05, 3.63) is 34.2 Å². The summed E-state index contributed by atoms with van der Waals surface area (Å²) in [6, 6.07) is 5.98. The molecule has 0 spiro atoms. The predicted molar refractivity (Wildman–Crippen MR) is 88.5 cm³/mol. The maximum atomic E-state index is 11.2. The second-order valence-corrected chi connectivity index (χ2v) is 5.90. The van der Waals surface area contributed by atoms with Crippen molar-refractivity contribution in [2.75, 3.05) is 0 Å². The summed E-state index contributed by atoms with van der Waals surface area (Å²) in [6.07, 6.45) is 10.1. The van der Waals surface area contributed by atoms with Crippen LogP contribution in [0.2, 0.25) is 0 Å². The number of fused-ring (bicyclic) bond motifs is 1. The standard InChI is InChI=1S/C17H27N3O/c1-2-3-4-5-6-7-8-9-14(18)13-10-11-15-16(12-13)20-17(21)19-15/h10-12,14H,2-9,18H2,1H3,(H2,19,20,21). The van der Waals surface area contributed by atoms with Crippen LogP contribution in [0, 0.1) is 0 Å². The van der Waals surface area contributed by atoms with Crippen molar-refractivity contribution in [2.24, 2.45) is 5.73 Å². The molecule has 2 aromatic rings. The fourth-order valence-electron chi connectivity index (χ4n) is 2.77. The molecule has 0 saturated heterocycles. The van der Waals surface area contributed by atoms with E-state index in [1.54, 1.807) is 0 Å². The van der Waals surface area contributed by atoms with Crippen LogP contribution >= 0.6 is 0 Å². The zero-order valence-corrected chi connectivity index (χ0v) is 13.0. The Balaban J connectivity index is 1.76. The average molecular weight is 289 g/mol. The number of hydrogen-bond acceptors (Lipinski definition) is 2. The van der Waals surface area contributed by atoms with E-state index in [1.807, 2.05) is 18.2 Å². The first-order valence-corrected chi connectivity index (χ1v) is 8.18. The van der Waals surface area contributed by atoms with E-state index >= 15 is 0 Å². The van der Waals surface area contributed by atoms with Crippen LogP contribution in [0.15, 0.2) is 23.0 Å². The summed E-state index contributed by atoms with van der Waals surface area (Å²) < 4.78 is 0. The van der Waals surface area contributed by atoms with Gasteiger partial charge in [-0.25, -0.2) is 4.79 Å². The van der Waals surface area contributed by atoms with E-state index in [0.29, 0.717) is 0 Å². The van der Waals surface area contributed by atoms with Gasteiger partial charge in [-0.1, -0.05) is 57.9 Å². The smallest absolute Gasteiger partial charge is 0.323 e. The second-order valence-electron chi connectivity index (χ2n) is 5.90. The van der Waals surface area contributed by atoms with Gasteiger partial charge in [-0.3, -0.25) is 0 Å². The molecule has 21 heavy (non-hydrogen) atoms. The number of nitrogens with two attached hydrogens (primary N) is 1. The maximum absolute atomic E-state index is 11.2. The van der Waals surface area contributed by atoms with E-state index in [1.165, 1.54) is 44.9 Å². The number of imidazole rings is 1. The number of unbranched alkanes of at least 4 members (excludes halogenated alkanes) is 6. The molecule has 116 valence electrons. The van der Waals surface area contributed by atoms with Crippen LogP contribution in [-0.4, -0.2) is 9.97 Å². The summed E-state index contributed by atoms with van der Waals surface area (Å²) >= 11 is 0. The third kappa shape index (κ3) is 4.74. The molecule has 4 nitrogen and oxygen atoms in total. The van der Waals surface area contributed by atoms with Gasteiger partial charge in [-0.05, 0) is 24.1 Å². The van der Waals surface area contributed by atoms with Gasteiger partial charge in [0, 0.05) is 6.04 Å². The van der Waals surface area contributed by atoms with Crippen LogP contribution in [0.4, 0.5) is 0 Å². The highest BCUT2D eigenvalue weighted by atomic mass is 16.1. The molecule has 1 aromatic carbocycles. The summed E-state index contributed by atoms with van der Waals surface area (Å²) in [5.41, 5.74) is 8.87. The fourth-order valence-corrected chi connectivity index (χ4v) is 2.77. The quantitative estimate of drug-likeness (QED) is 0.610. The monoisotopic (exact) mass is 289 g/mol. The van der Waals surface area contributed by atoms with Gasteiger partial charge in [-0.15, -0.1) is 0 Å². The number of aromatic nitrogens is 2. The van der Waals surface area contributed by atoms with E-state index in [4.69, 9.17) is 5.73 Å². The first-order chi connectivity index (χ1) is 10.2. The van der Waals surface area contributed by atoms with Crippen LogP contribution in [0.25, 0.3) is 11.0 Å². The Morgan fingerprint density at radius 3 is 2.43 bits per heavy atom. The molecular weight excluding hydrogens is 262 g/mol. The Hall–Kier alpha value is -1.55. The van der Waals surface area contributed by atoms with Gasteiger partial charge in [0.2, 0.25) is 0 Å². The van der Waals surface area contributed by atoms with E-state index in [2.05, 4.69) is 16.9 Å². The zero-order chi connectivity index (χ0) is 15.1. The zero-order valence-electron chi connectivity index (χ0n) is 13.0. The van der Waals surface area contributed by atoms with Crippen molar-refractivity contribution in [3.8, 4) is 0 Å². The highest BCUT2D eigenvalue weighted by Gasteiger charge is 2.07. The third-order valence-corrected chi connectivity index (χ3v) is 4.09. The van der Waals surface area contributed by atoms with Gasteiger partial charge in [0.15, 0.2) is 0 Å². The van der Waals surface area contributed by atoms with Crippen molar-refractivity contribution in [2.45, 2.75) is 64.3 Å².